The molecule has 1 N–H and O–H groups in total. The Morgan fingerprint density at radius 2 is 1.96 bits per heavy atom. The Hall–Kier alpha value is -2.43. The molecular weight excluding hydrogens is 291 g/mol. The Kier molecular flexibility index (Phi) is 3.80. The van der Waals surface area contributed by atoms with Crippen LogP contribution in [0.15, 0.2) is 24.4 Å². The van der Waals surface area contributed by atoms with Crippen molar-refractivity contribution in [3.05, 3.63) is 41.5 Å². The number of pyridine rings is 1. The number of anilines is 1. The number of benzene rings is 1. The SMILES string of the molecule is CNc1cc(-c2cc(F)c3nn(C)c(C(C)C)c3c2)c(C)cn1. The molecule has 0 bridgehead atoms. The largest absolute Gasteiger partial charge is 0.373 e. The number of hydrogen-bond donors (Lipinski definition) is 1. The third-order valence-corrected chi connectivity index (χ3v) is 4.16. The van der Waals surface area contributed by atoms with Gasteiger partial charge in [0.05, 0.1) is 0 Å². The molecule has 0 aliphatic rings. The first-order valence-electron chi connectivity index (χ1n) is 7.73. The second-order valence-corrected chi connectivity index (χ2v) is 6.15. The van der Waals surface area contributed by atoms with Gasteiger partial charge in [0.1, 0.15) is 11.3 Å². The van der Waals surface area contributed by atoms with Crippen molar-refractivity contribution in [3.8, 4) is 11.1 Å². The van der Waals surface area contributed by atoms with Gasteiger partial charge in [0, 0.05) is 31.4 Å². The zero-order valence-corrected chi connectivity index (χ0v) is 14.1. The van der Waals surface area contributed by atoms with E-state index in [9.17, 15) is 4.39 Å². The van der Waals surface area contributed by atoms with Gasteiger partial charge >= 0.3 is 0 Å². The van der Waals surface area contributed by atoms with Gasteiger partial charge in [-0.05, 0) is 47.7 Å². The zero-order chi connectivity index (χ0) is 16.7. The van der Waals surface area contributed by atoms with Crippen LogP contribution in [0.5, 0.6) is 0 Å². The highest BCUT2D eigenvalue weighted by Crippen LogP contribution is 2.33. The first-order chi connectivity index (χ1) is 10.9. The van der Waals surface area contributed by atoms with Gasteiger partial charge in [0.25, 0.3) is 0 Å². The predicted molar refractivity (Wildman–Crippen MR) is 92.3 cm³/mol. The van der Waals surface area contributed by atoms with Crippen molar-refractivity contribution in [1.29, 1.82) is 0 Å². The molecule has 0 aliphatic heterocycles. The lowest BCUT2D eigenvalue weighted by molar-refractivity contribution is 0.629. The molecule has 0 saturated heterocycles. The standard InChI is InChI=1S/C18H21FN4/c1-10(2)18-14-6-12(7-15(19)17(14)22-23(18)5)13-8-16(20-4)21-9-11(13)3/h6-10H,1-5H3,(H,20,21). The van der Waals surface area contributed by atoms with Gasteiger partial charge in [-0.2, -0.15) is 5.10 Å². The van der Waals surface area contributed by atoms with Crippen molar-refractivity contribution in [2.45, 2.75) is 26.7 Å². The van der Waals surface area contributed by atoms with Gasteiger partial charge in [0.2, 0.25) is 0 Å². The molecule has 0 spiro atoms. The Labute approximate surface area is 135 Å². The van der Waals surface area contributed by atoms with Gasteiger partial charge in [-0.25, -0.2) is 9.37 Å². The highest BCUT2D eigenvalue weighted by atomic mass is 19.1. The molecule has 0 fully saturated rings. The first kappa shape index (κ1) is 15.5. The maximum atomic E-state index is 14.6. The van der Waals surface area contributed by atoms with Crippen LogP contribution in [0.2, 0.25) is 0 Å². The molecule has 0 atom stereocenters. The summed E-state index contributed by atoms with van der Waals surface area (Å²) in [5, 5.41) is 8.25. The van der Waals surface area contributed by atoms with Crippen LogP contribution in [0.25, 0.3) is 22.0 Å². The molecule has 0 aliphatic carbocycles. The van der Waals surface area contributed by atoms with Crippen LogP contribution in [0, 0.1) is 12.7 Å². The monoisotopic (exact) mass is 312 g/mol. The summed E-state index contributed by atoms with van der Waals surface area (Å²) in [4.78, 5) is 4.30. The van der Waals surface area contributed by atoms with E-state index in [-0.39, 0.29) is 11.7 Å². The van der Waals surface area contributed by atoms with E-state index in [1.165, 1.54) is 0 Å². The molecule has 0 unspecified atom stereocenters. The smallest absolute Gasteiger partial charge is 0.151 e. The molecular formula is C18H21FN4. The van der Waals surface area contributed by atoms with Crippen molar-refractivity contribution in [1.82, 2.24) is 14.8 Å². The van der Waals surface area contributed by atoms with Crippen molar-refractivity contribution < 1.29 is 4.39 Å². The molecule has 0 amide bonds. The number of rotatable bonds is 3. The molecule has 3 aromatic rings. The minimum absolute atomic E-state index is 0.269. The molecule has 2 aromatic heterocycles. The third kappa shape index (κ3) is 2.56. The van der Waals surface area contributed by atoms with Crippen LogP contribution in [0.3, 0.4) is 0 Å². The lowest BCUT2D eigenvalue weighted by Gasteiger charge is -2.10. The normalized spacial score (nSPS) is 11.4. The summed E-state index contributed by atoms with van der Waals surface area (Å²) in [6.45, 7) is 6.17. The van der Waals surface area contributed by atoms with Crippen molar-refractivity contribution >= 4 is 16.7 Å². The summed E-state index contributed by atoms with van der Waals surface area (Å²) in [5.74, 6) is 0.745. The van der Waals surface area contributed by atoms with E-state index in [0.29, 0.717) is 5.52 Å². The lowest BCUT2D eigenvalue weighted by Crippen LogP contribution is -1.99. The molecule has 2 heterocycles. The molecule has 0 saturated carbocycles. The van der Waals surface area contributed by atoms with E-state index in [2.05, 4.69) is 29.2 Å². The van der Waals surface area contributed by atoms with E-state index < -0.39 is 0 Å². The maximum absolute atomic E-state index is 14.6. The topological polar surface area (TPSA) is 42.7 Å². The maximum Gasteiger partial charge on any atom is 0.151 e. The Bertz CT molecular complexity index is 880. The second-order valence-electron chi connectivity index (χ2n) is 6.15. The molecule has 23 heavy (non-hydrogen) atoms. The fourth-order valence-corrected chi connectivity index (χ4v) is 3.09. The van der Waals surface area contributed by atoms with Gasteiger partial charge < -0.3 is 5.32 Å². The average molecular weight is 312 g/mol. The second kappa shape index (κ2) is 5.65. The molecule has 4 nitrogen and oxygen atoms in total. The molecule has 120 valence electrons. The number of aryl methyl sites for hydroxylation is 2. The highest BCUT2D eigenvalue weighted by Gasteiger charge is 2.17. The summed E-state index contributed by atoms with van der Waals surface area (Å²) in [7, 11) is 3.69. The fraction of sp³-hybridized carbons (Fsp3) is 0.333. The quantitative estimate of drug-likeness (QED) is 0.786. The fourth-order valence-electron chi connectivity index (χ4n) is 3.09. The van der Waals surface area contributed by atoms with Crippen molar-refractivity contribution in [3.63, 3.8) is 0 Å². The summed E-state index contributed by atoms with van der Waals surface area (Å²) in [6, 6.07) is 5.53. The number of fused-ring (bicyclic) bond motifs is 1. The van der Waals surface area contributed by atoms with E-state index >= 15 is 0 Å². The third-order valence-electron chi connectivity index (χ3n) is 4.16. The van der Waals surface area contributed by atoms with Gasteiger partial charge in [-0.1, -0.05) is 13.8 Å². The van der Waals surface area contributed by atoms with Crippen LogP contribution in [-0.2, 0) is 7.05 Å². The summed E-state index contributed by atoms with van der Waals surface area (Å²) < 4.78 is 16.4. The predicted octanol–water partition coefficient (Wildman–Crippen LogP) is 4.25. The number of nitrogens with one attached hydrogen (secondary N) is 1. The summed E-state index contributed by atoms with van der Waals surface area (Å²) in [5.41, 5.74) is 4.31. The Morgan fingerprint density at radius 1 is 1.22 bits per heavy atom. The minimum atomic E-state index is -0.290. The van der Waals surface area contributed by atoms with Crippen LogP contribution in [0.1, 0.15) is 31.0 Å². The summed E-state index contributed by atoms with van der Waals surface area (Å²) >= 11 is 0. The van der Waals surface area contributed by atoms with Crippen LogP contribution in [0.4, 0.5) is 10.2 Å². The number of aromatic nitrogens is 3. The van der Waals surface area contributed by atoms with Crippen LogP contribution < -0.4 is 5.32 Å². The van der Waals surface area contributed by atoms with Gasteiger partial charge in [-0.15, -0.1) is 0 Å². The van der Waals surface area contributed by atoms with E-state index in [1.807, 2.05) is 33.2 Å². The van der Waals surface area contributed by atoms with Crippen LogP contribution >= 0.6 is 0 Å². The van der Waals surface area contributed by atoms with Crippen molar-refractivity contribution in [2.24, 2.45) is 7.05 Å². The van der Waals surface area contributed by atoms with E-state index in [0.717, 1.165) is 33.6 Å². The average Bonchev–Trinajstić information content (AvgIpc) is 2.84. The van der Waals surface area contributed by atoms with E-state index in [1.54, 1.807) is 16.9 Å². The Balaban J connectivity index is 2.29. The van der Waals surface area contributed by atoms with E-state index in [4.69, 9.17) is 0 Å². The number of nitrogens with zero attached hydrogens (tertiary/aromatic N) is 3. The number of hydrogen-bond acceptors (Lipinski definition) is 3. The summed E-state index contributed by atoms with van der Waals surface area (Å²) in [6.07, 6.45) is 1.80. The van der Waals surface area contributed by atoms with Gasteiger partial charge in [-0.3, -0.25) is 4.68 Å². The highest BCUT2D eigenvalue weighted by molar-refractivity contribution is 5.88. The number of halogens is 1. The molecule has 3 rings (SSSR count). The van der Waals surface area contributed by atoms with Crippen LogP contribution in [-0.4, -0.2) is 21.8 Å². The molecule has 5 heteroatoms. The lowest BCUT2D eigenvalue weighted by atomic mass is 9.98. The van der Waals surface area contributed by atoms with Gasteiger partial charge in [0.15, 0.2) is 5.82 Å². The Morgan fingerprint density at radius 3 is 2.61 bits per heavy atom. The van der Waals surface area contributed by atoms with Crippen molar-refractivity contribution in [2.75, 3.05) is 12.4 Å². The first-order valence-corrected chi connectivity index (χ1v) is 7.73. The zero-order valence-electron chi connectivity index (χ0n) is 14.1. The minimum Gasteiger partial charge on any atom is -0.373 e. The molecule has 0 radical (unpaired) electrons. The molecule has 1 aromatic carbocycles.